The van der Waals surface area contributed by atoms with Gasteiger partial charge in [-0.25, -0.2) is 28.2 Å². The van der Waals surface area contributed by atoms with Gasteiger partial charge in [-0.1, -0.05) is 0 Å². The second-order valence-electron chi connectivity index (χ2n) is 5.56. The zero-order chi connectivity index (χ0) is 21.7. The van der Waals surface area contributed by atoms with Gasteiger partial charge in [0, 0.05) is 23.5 Å². The number of carbonyl (C=O) groups is 2. The normalized spacial score (nSPS) is 11.3. The molecule has 0 atom stereocenters. The summed E-state index contributed by atoms with van der Waals surface area (Å²) >= 11 is 1.13. The van der Waals surface area contributed by atoms with Crippen LogP contribution >= 0.6 is 11.3 Å². The lowest BCUT2D eigenvalue weighted by atomic mass is 10.3. The average Bonchev–Trinajstić information content (AvgIpc) is 3.23. The number of hydrogen-bond donors (Lipinski definition) is 1. The van der Waals surface area contributed by atoms with Gasteiger partial charge in [-0.3, -0.25) is 4.79 Å². The summed E-state index contributed by atoms with van der Waals surface area (Å²) in [6.45, 7) is -0.634. The van der Waals surface area contributed by atoms with Gasteiger partial charge in [0.05, 0.1) is 4.90 Å². The number of aromatic nitrogens is 3. The standard InChI is InChI=1S/C17H12F2N4O5S2/c18-17(19)30(26,27)11-4-2-10(3-5-11)22-13(24)8-28-16(25)12-9-29-15(23-12)14-20-6-1-7-21-14/h1-7,9,17H,8H2,(H,22,24). The van der Waals surface area contributed by atoms with Crippen molar-refractivity contribution in [2.75, 3.05) is 11.9 Å². The summed E-state index contributed by atoms with van der Waals surface area (Å²) in [5, 5.41) is 4.20. The number of nitrogens with one attached hydrogen (secondary N) is 1. The minimum Gasteiger partial charge on any atom is -0.451 e. The Hall–Kier alpha value is -3.32. The number of nitrogens with zero attached hydrogens (tertiary/aromatic N) is 3. The van der Waals surface area contributed by atoms with Gasteiger partial charge >= 0.3 is 11.7 Å². The Morgan fingerprint density at radius 3 is 2.43 bits per heavy atom. The van der Waals surface area contributed by atoms with Gasteiger partial charge in [-0.2, -0.15) is 8.78 Å². The van der Waals surface area contributed by atoms with Crippen LogP contribution in [0.25, 0.3) is 10.8 Å². The van der Waals surface area contributed by atoms with Crippen molar-refractivity contribution in [1.29, 1.82) is 0 Å². The van der Waals surface area contributed by atoms with Gasteiger partial charge in [0.25, 0.3) is 5.91 Å². The third-order valence-corrected chi connectivity index (χ3v) is 5.74. The Morgan fingerprint density at radius 2 is 1.80 bits per heavy atom. The van der Waals surface area contributed by atoms with Crippen LogP contribution in [0.5, 0.6) is 0 Å². The largest absolute Gasteiger partial charge is 0.451 e. The quantitative estimate of drug-likeness (QED) is 0.539. The molecule has 9 nitrogen and oxygen atoms in total. The van der Waals surface area contributed by atoms with Gasteiger partial charge in [-0.15, -0.1) is 11.3 Å². The highest BCUT2D eigenvalue weighted by Gasteiger charge is 2.26. The van der Waals surface area contributed by atoms with Gasteiger partial charge in [0.15, 0.2) is 23.1 Å². The summed E-state index contributed by atoms with van der Waals surface area (Å²) in [4.78, 5) is 35.4. The molecule has 0 saturated heterocycles. The first-order chi connectivity index (χ1) is 14.3. The molecular formula is C17H12F2N4O5S2. The Kier molecular flexibility index (Phi) is 6.42. The molecule has 3 rings (SSSR count). The topological polar surface area (TPSA) is 128 Å². The number of anilines is 1. The van der Waals surface area contributed by atoms with Crippen LogP contribution in [0.3, 0.4) is 0 Å². The monoisotopic (exact) mass is 454 g/mol. The van der Waals surface area contributed by atoms with Crippen LogP contribution < -0.4 is 5.32 Å². The van der Waals surface area contributed by atoms with Crippen LogP contribution in [-0.2, 0) is 19.4 Å². The molecule has 0 spiro atoms. The number of hydrogen-bond acceptors (Lipinski definition) is 9. The second-order valence-corrected chi connectivity index (χ2v) is 8.34. The van der Waals surface area contributed by atoms with Crippen molar-refractivity contribution in [3.63, 3.8) is 0 Å². The maximum Gasteiger partial charge on any atom is 0.358 e. The molecule has 0 aliphatic carbocycles. The molecule has 1 aromatic carbocycles. The predicted molar refractivity (Wildman–Crippen MR) is 102 cm³/mol. The highest BCUT2D eigenvalue weighted by Crippen LogP contribution is 2.21. The molecule has 0 fully saturated rings. The van der Waals surface area contributed by atoms with E-state index in [1.807, 2.05) is 0 Å². The van der Waals surface area contributed by atoms with E-state index in [1.54, 1.807) is 6.07 Å². The first-order valence-electron chi connectivity index (χ1n) is 8.09. The molecule has 30 heavy (non-hydrogen) atoms. The number of amides is 1. The summed E-state index contributed by atoms with van der Waals surface area (Å²) in [7, 11) is -4.72. The summed E-state index contributed by atoms with van der Waals surface area (Å²) in [6, 6.07) is 5.79. The number of rotatable bonds is 7. The highest BCUT2D eigenvalue weighted by molar-refractivity contribution is 7.91. The molecule has 2 heterocycles. The van der Waals surface area contributed by atoms with Gasteiger partial charge < -0.3 is 10.1 Å². The number of benzene rings is 1. The van der Waals surface area contributed by atoms with E-state index in [2.05, 4.69) is 20.3 Å². The van der Waals surface area contributed by atoms with Crippen LogP contribution in [0.2, 0.25) is 0 Å². The van der Waals surface area contributed by atoms with Crippen molar-refractivity contribution in [1.82, 2.24) is 15.0 Å². The third-order valence-electron chi connectivity index (χ3n) is 3.51. The van der Waals surface area contributed by atoms with E-state index in [1.165, 1.54) is 17.8 Å². The van der Waals surface area contributed by atoms with Crippen LogP contribution in [0.1, 0.15) is 10.5 Å². The maximum absolute atomic E-state index is 12.5. The first kappa shape index (κ1) is 21.4. The van der Waals surface area contributed by atoms with Gasteiger partial charge in [0.1, 0.15) is 0 Å². The molecule has 0 bridgehead atoms. The Bertz CT molecular complexity index is 1150. The number of alkyl halides is 2. The van der Waals surface area contributed by atoms with Crippen LogP contribution in [0.4, 0.5) is 14.5 Å². The smallest absolute Gasteiger partial charge is 0.358 e. The van der Waals surface area contributed by atoms with E-state index in [4.69, 9.17) is 4.74 Å². The first-order valence-corrected chi connectivity index (χ1v) is 10.5. The lowest BCUT2D eigenvalue weighted by molar-refractivity contribution is -0.119. The summed E-state index contributed by atoms with van der Waals surface area (Å²) in [5.41, 5.74) is 0.123. The third kappa shape index (κ3) is 4.99. The fourth-order valence-electron chi connectivity index (χ4n) is 2.11. The van der Waals surface area contributed by atoms with Crippen LogP contribution in [-0.4, -0.2) is 47.6 Å². The zero-order valence-corrected chi connectivity index (χ0v) is 16.5. The fraction of sp³-hybridized carbons (Fsp3) is 0.118. The lowest BCUT2D eigenvalue weighted by Gasteiger charge is -2.07. The van der Waals surface area contributed by atoms with E-state index >= 15 is 0 Å². The molecule has 0 aliphatic rings. The van der Waals surface area contributed by atoms with E-state index in [9.17, 15) is 26.8 Å². The van der Waals surface area contributed by atoms with Crippen molar-refractivity contribution < 1.29 is 31.5 Å². The van der Waals surface area contributed by atoms with Crippen LogP contribution in [0.15, 0.2) is 53.0 Å². The molecule has 156 valence electrons. The van der Waals surface area contributed by atoms with Crippen LogP contribution in [0, 0.1) is 0 Å². The predicted octanol–water partition coefficient (Wildman–Crippen LogP) is 2.39. The summed E-state index contributed by atoms with van der Waals surface area (Å²) in [6.07, 6.45) is 3.06. The highest BCUT2D eigenvalue weighted by atomic mass is 32.2. The van der Waals surface area contributed by atoms with Crippen molar-refractivity contribution >= 4 is 38.7 Å². The molecule has 1 N–H and O–H groups in total. The number of carbonyl (C=O) groups excluding carboxylic acids is 2. The maximum atomic E-state index is 12.5. The second kappa shape index (κ2) is 9.00. The number of thiazole rings is 1. The molecule has 0 unspecified atom stereocenters. The Labute approximate surface area is 172 Å². The zero-order valence-electron chi connectivity index (χ0n) is 14.9. The molecular weight excluding hydrogens is 442 g/mol. The molecule has 1 amide bonds. The number of esters is 1. The molecule has 13 heteroatoms. The SMILES string of the molecule is O=C(COC(=O)c1csc(-c2ncccn2)n1)Nc1ccc(S(=O)(=O)C(F)F)cc1. The Morgan fingerprint density at radius 1 is 1.13 bits per heavy atom. The van der Waals surface area contributed by atoms with E-state index in [0.717, 1.165) is 35.6 Å². The van der Waals surface area contributed by atoms with Gasteiger partial charge in [-0.05, 0) is 30.3 Å². The molecule has 0 saturated carbocycles. The van der Waals surface area contributed by atoms with Crippen molar-refractivity contribution in [2.45, 2.75) is 10.7 Å². The van der Waals surface area contributed by atoms with Gasteiger partial charge in [0.2, 0.25) is 9.84 Å². The number of halogens is 2. The van der Waals surface area contributed by atoms with Crippen molar-refractivity contribution in [3.05, 3.63) is 53.8 Å². The molecule has 2 aromatic heterocycles. The summed E-state index contributed by atoms with van der Waals surface area (Å²) < 4.78 is 52.6. The molecule has 3 aromatic rings. The van der Waals surface area contributed by atoms with Crippen molar-refractivity contribution in [2.24, 2.45) is 0 Å². The molecule has 0 radical (unpaired) electrons. The summed E-state index contributed by atoms with van der Waals surface area (Å²) in [5.74, 6) is -4.75. The number of sulfone groups is 1. The minimum absolute atomic E-state index is 0.0168. The molecule has 0 aliphatic heterocycles. The number of ether oxygens (including phenoxy) is 1. The fourth-order valence-corrected chi connectivity index (χ4v) is 3.57. The van der Waals surface area contributed by atoms with Crippen molar-refractivity contribution in [3.8, 4) is 10.8 Å². The Balaban J connectivity index is 1.55. The van der Waals surface area contributed by atoms with E-state index in [-0.39, 0.29) is 11.4 Å². The van der Waals surface area contributed by atoms with E-state index in [0.29, 0.717) is 10.8 Å². The average molecular weight is 454 g/mol. The lowest BCUT2D eigenvalue weighted by Crippen LogP contribution is -2.21. The van der Waals surface area contributed by atoms with E-state index < -0.39 is 39.0 Å². The minimum atomic E-state index is -4.72.